The predicted octanol–water partition coefficient (Wildman–Crippen LogP) is 7.97. The van der Waals surface area contributed by atoms with Gasteiger partial charge in [-0.3, -0.25) is 4.79 Å². The highest BCUT2D eigenvalue weighted by Crippen LogP contribution is 2.53. The first kappa shape index (κ1) is 31.8. The van der Waals surface area contributed by atoms with Gasteiger partial charge < -0.3 is 9.47 Å². The lowest BCUT2D eigenvalue weighted by atomic mass is 9.70. The van der Waals surface area contributed by atoms with Crippen molar-refractivity contribution in [3.8, 4) is 5.75 Å². The third-order valence-corrected chi connectivity index (χ3v) is 11.0. The van der Waals surface area contributed by atoms with Crippen LogP contribution >= 0.6 is 23.2 Å². The highest BCUT2D eigenvalue weighted by atomic mass is 35.5. The number of amides is 1. The Kier molecular flexibility index (Phi) is 8.69. The van der Waals surface area contributed by atoms with Gasteiger partial charge in [-0.1, -0.05) is 74.3 Å². The number of nitrogens with one attached hydrogen (secondary N) is 1. The van der Waals surface area contributed by atoms with Gasteiger partial charge in [0.15, 0.2) is 0 Å². The molecule has 230 valence electrons. The lowest BCUT2D eigenvalue weighted by Crippen LogP contribution is -2.54. The molecule has 0 bridgehead atoms. The van der Waals surface area contributed by atoms with Crippen LogP contribution in [0.4, 0.5) is 0 Å². The summed E-state index contributed by atoms with van der Waals surface area (Å²) in [4.78, 5) is 13.9. The Bertz CT molecular complexity index is 1630. The van der Waals surface area contributed by atoms with Gasteiger partial charge in [0, 0.05) is 21.5 Å². The quantitative estimate of drug-likeness (QED) is 0.295. The molecule has 0 aromatic heterocycles. The molecule has 0 unspecified atom stereocenters. The van der Waals surface area contributed by atoms with Crippen LogP contribution in [0.25, 0.3) is 0 Å². The van der Waals surface area contributed by atoms with Crippen molar-refractivity contribution < 1.29 is 22.7 Å². The molecule has 1 saturated heterocycles. The van der Waals surface area contributed by atoms with Crippen molar-refractivity contribution in [3.63, 3.8) is 0 Å². The molecule has 9 heteroatoms. The van der Waals surface area contributed by atoms with Crippen molar-refractivity contribution in [1.82, 2.24) is 4.72 Å². The fourth-order valence-electron chi connectivity index (χ4n) is 6.20. The molecule has 43 heavy (non-hydrogen) atoms. The Hall–Kier alpha value is -2.58. The monoisotopic (exact) mass is 643 g/mol. The number of benzene rings is 3. The van der Waals surface area contributed by atoms with Gasteiger partial charge in [0.2, 0.25) is 5.91 Å². The van der Waals surface area contributed by atoms with Gasteiger partial charge in [-0.2, -0.15) is 0 Å². The lowest BCUT2D eigenvalue weighted by molar-refractivity contribution is -0.179. The number of halogens is 2. The van der Waals surface area contributed by atoms with Gasteiger partial charge in [0.25, 0.3) is 10.0 Å². The van der Waals surface area contributed by atoms with E-state index in [-0.39, 0.29) is 22.3 Å². The number of carbonyl (C=O) groups is 1. The number of fused-ring (bicyclic) bond motifs is 3. The van der Waals surface area contributed by atoms with Crippen LogP contribution in [-0.2, 0) is 31.4 Å². The van der Waals surface area contributed by atoms with Gasteiger partial charge in [-0.15, -0.1) is 0 Å². The minimum absolute atomic E-state index is 0.0226. The van der Waals surface area contributed by atoms with Gasteiger partial charge >= 0.3 is 0 Å². The molecule has 2 aliphatic heterocycles. The lowest BCUT2D eigenvalue weighted by Gasteiger charge is -2.51. The maximum absolute atomic E-state index is 13.9. The number of hydrogen-bond donors (Lipinski definition) is 1. The maximum Gasteiger partial charge on any atom is 0.264 e. The molecule has 1 amide bonds. The first-order valence-electron chi connectivity index (χ1n) is 14.6. The SMILES string of the molecule is Cc1c(Cl)cccc1S(=O)(=O)NC(=O)[C@@H]1C[C@H]2[C@H](O[C@H]1CCc1ccc(Cl)cc1)c1ccc(C(C)(C)C)cc1OC2(C)C. The zero-order valence-corrected chi connectivity index (χ0v) is 27.7. The zero-order valence-electron chi connectivity index (χ0n) is 25.4. The van der Waals surface area contributed by atoms with E-state index >= 15 is 0 Å². The Balaban J connectivity index is 1.48. The molecule has 0 radical (unpaired) electrons. The number of ether oxygens (including phenoxy) is 2. The highest BCUT2D eigenvalue weighted by Gasteiger charge is 2.52. The number of aryl methyl sites for hydroxylation is 1. The third kappa shape index (κ3) is 6.60. The van der Waals surface area contributed by atoms with E-state index in [9.17, 15) is 13.2 Å². The second kappa shape index (κ2) is 11.7. The van der Waals surface area contributed by atoms with Crippen LogP contribution in [0.15, 0.2) is 65.6 Å². The van der Waals surface area contributed by atoms with E-state index in [1.165, 1.54) is 6.07 Å². The van der Waals surface area contributed by atoms with Crippen LogP contribution in [0.2, 0.25) is 10.0 Å². The van der Waals surface area contributed by atoms with E-state index in [1.54, 1.807) is 19.1 Å². The predicted molar refractivity (Wildman–Crippen MR) is 170 cm³/mol. The Morgan fingerprint density at radius 3 is 2.42 bits per heavy atom. The van der Waals surface area contributed by atoms with Crippen molar-refractivity contribution in [2.24, 2.45) is 11.8 Å². The molecule has 4 atom stereocenters. The topological polar surface area (TPSA) is 81.7 Å². The molecule has 0 saturated carbocycles. The van der Waals surface area contributed by atoms with Crippen LogP contribution in [0.1, 0.15) is 75.8 Å². The summed E-state index contributed by atoms with van der Waals surface area (Å²) in [5.41, 5.74) is 2.85. The Labute approximate surface area is 265 Å². The molecule has 3 aromatic carbocycles. The van der Waals surface area contributed by atoms with Crippen molar-refractivity contribution >= 4 is 39.1 Å². The number of carbonyl (C=O) groups excluding carboxylic acids is 1. The molecule has 3 aromatic rings. The third-order valence-electron chi connectivity index (χ3n) is 8.81. The Morgan fingerprint density at radius 2 is 1.74 bits per heavy atom. The molecular formula is C34H39Cl2NO5S. The first-order valence-corrected chi connectivity index (χ1v) is 16.9. The van der Waals surface area contributed by atoms with E-state index in [0.717, 1.165) is 22.4 Å². The Morgan fingerprint density at radius 1 is 1.05 bits per heavy atom. The van der Waals surface area contributed by atoms with Crippen LogP contribution in [0, 0.1) is 18.8 Å². The van der Waals surface area contributed by atoms with Gasteiger partial charge in [0.05, 0.1) is 23.0 Å². The van der Waals surface area contributed by atoms with Crippen LogP contribution in [0.5, 0.6) is 5.75 Å². The number of rotatable bonds is 6. The summed E-state index contributed by atoms with van der Waals surface area (Å²) < 4.78 is 42.5. The van der Waals surface area contributed by atoms with E-state index in [4.69, 9.17) is 32.7 Å². The molecule has 0 spiro atoms. The average Bonchev–Trinajstić information content (AvgIpc) is 2.92. The first-order chi connectivity index (χ1) is 20.1. The van der Waals surface area contributed by atoms with Crippen molar-refractivity contribution in [2.45, 2.75) is 88.9 Å². The van der Waals surface area contributed by atoms with Gasteiger partial charge in [-0.05, 0) is 92.5 Å². The maximum atomic E-state index is 13.9. The molecule has 1 N–H and O–H groups in total. The fourth-order valence-corrected chi connectivity index (χ4v) is 7.85. The molecule has 2 heterocycles. The number of hydrogen-bond acceptors (Lipinski definition) is 5. The van der Waals surface area contributed by atoms with Gasteiger partial charge in [0.1, 0.15) is 11.4 Å². The van der Waals surface area contributed by atoms with E-state index in [0.29, 0.717) is 34.9 Å². The molecule has 2 aliphatic rings. The van der Waals surface area contributed by atoms with Crippen LogP contribution < -0.4 is 9.46 Å². The largest absolute Gasteiger partial charge is 0.487 e. The average molecular weight is 645 g/mol. The van der Waals surface area contributed by atoms with E-state index in [2.05, 4.69) is 43.7 Å². The zero-order chi connectivity index (χ0) is 31.3. The minimum atomic E-state index is -4.17. The smallest absolute Gasteiger partial charge is 0.264 e. The molecule has 6 nitrogen and oxygen atoms in total. The summed E-state index contributed by atoms with van der Waals surface area (Å²) in [6.07, 6.45) is 0.726. The molecule has 1 fully saturated rings. The van der Waals surface area contributed by atoms with Crippen molar-refractivity contribution in [1.29, 1.82) is 0 Å². The summed E-state index contributed by atoms with van der Waals surface area (Å²) in [5.74, 6) is -0.708. The number of sulfonamides is 1. The second-order valence-electron chi connectivity index (χ2n) is 13.2. The van der Waals surface area contributed by atoms with Gasteiger partial charge in [-0.25, -0.2) is 13.1 Å². The van der Waals surface area contributed by atoms with E-state index < -0.39 is 33.6 Å². The normalized spacial score (nSPS) is 23.1. The van der Waals surface area contributed by atoms with Crippen molar-refractivity contribution in [2.75, 3.05) is 0 Å². The molecule has 5 rings (SSSR count). The minimum Gasteiger partial charge on any atom is -0.487 e. The van der Waals surface area contributed by atoms with Crippen LogP contribution in [-0.4, -0.2) is 26.0 Å². The second-order valence-corrected chi connectivity index (χ2v) is 15.7. The standard InChI is InChI=1S/C34H39Cl2NO5S/c1-20-27(36)8-7-9-30(20)43(39,40)37-32(38)25-19-26-31(41-28(25)17-12-21-10-14-23(35)15-11-21)24-16-13-22(33(2,3)4)18-29(24)42-34(26,5)6/h7-11,13-16,18,25-26,28,31H,12,17,19H2,1-6H3,(H,37,38)/t25-,26+,28+,31-/m1/s1. The summed E-state index contributed by atoms with van der Waals surface area (Å²) in [7, 11) is -4.17. The van der Waals surface area contributed by atoms with Crippen LogP contribution in [0.3, 0.4) is 0 Å². The summed E-state index contributed by atoms with van der Waals surface area (Å²) in [6, 6.07) is 18.5. The summed E-state index contributed by atoms with van der Waals surface area (Å²) >= 11 is 12.3. The summed E-state index contributed by atoms with van der Waals surface area (Å²) in [6.45, 7) is 12.1. The fraction of sp³-hybridized carbons (Fsp3) is 0.441. The van der Waals surface area contributed by atoms with E-state index in [1.807, 2.05) is 38.1 Å². The molecule has 0 aliphatic carbocycles. The highest BCUT2D eigenvalue weighted by molar-refractivity contribution is 7.90. The summed E-state index contributed by atoms with van der Waals surface area (Å²) in [5, 5.41) is 0.962. The molecular weight excluding hydrogens is 605 g/mol. The van der Waals surface area contributed by atoms with Crippen molar-refractivity contribution in [3.05, 3.63) is 93.0 Å².